The van der Waals surface area contributed by atoms with E-state index in [9.17, 15) is 0 Å². The summed E-state index contributed by atoms with van der Waals surface area (Å²) in [5.74, 6) is 0. The third-order valence-electron chi connectivity index (χ3n) is 3.70. The highest BCUT2D eigenvalue weighted by Crippen LogP contribution is 2.28. The molecule has 0 saturated carbocycles. The van der Waals surface area contributed by atoms with E-state index in [2.05, 4.69) is 46.0 Å². The highest BCUT2D eigenvalue weighted by molar-refractivity contribution is 9.10. The Morgan fingerprint density at radius 1 is 1.60 bits per heavy atom. The number of ether oxygens (including phenoxy) is 1. The number of benzene rings is 1. The first-order chi connectivity index (χ1) is 9.65. The van der Waals surface area contributed by atoms with Crippen molar-refractivity contribution < 1.29 is 4.74 Å². The van der Waals surface area contributed by atoms with Crippen LogP contribution in [-0.2, 0) is 4.74 Å². The van der Waals surface area contributed by atoms with Crippen LogP contribution >= 0.6 is 15.9 Å². The van der Waals surface area contributed by atoms with Crippen LogP contribution in [0.25, 0.3) is 0 Å². The Labute approximate surface area is 128 Å². The van der Waals surface area contributed by atoms with Crippen LogP contribution in [-0.4, -0.2) is 36.7 Å². The van der Waals surface area contributed by atoms with Crippen molar-refractivity contribution in [1.82, 2.24) is 4.90 Å². The third-order valence-corrected chi connectivity index (χ3v) is 4.20. The Hall–Kier alpha value is -0.930. The molecule has 0 aromatic heterocycles. The molecule has 20 heavy (non-hydrogen) atoms. The Balaban J connectivity index is 2.26. The van der Waals surface area contributed by atoms with Gasteiger partial charge >= 0.3 is 0 Å². The van der Waals surface area contributed by atoms with E-state index in [1.54, 1.807) is 0 Å². The van der Waals surface area contributed by atoms with Crippen molar-refractivity contribution in [2.45, 2.75) is 31.5 Å². The molecule has 2 N–H and O–H groups in total. The molecule has 1 fully saturated rings. The Morgan fingerprint density at radius 3 is 3.05 bits per heavy atom. The molecule has 0 aliphatic carbocycles. The van der Waals surface area contributed by atoms with E-state index >= 15 is 0 Å². The summed E-state index contributed by atoms with van der Waals surface area (Å²) >= 11 is 3.51. The number of hydrogen-bond acceptors (Lipinski definition) is 4. The van der Waals surface area contributed by atoms with Crippen molar-refractivity contribution in [3.8, 4) is 6.07 Å². The normalized spacial score (nSPS) is 23.0. The van der Waals surface area contributed by atoms with Gasteiger partial charge in [-0.1, -0.05) is 35.0 Å². The first-order valence-electron chi connectivity index (χ1n) is 6.92. The minimum absolute atomic E-state index is 0.0433. The summed E-state index contributed by atoms with van der Waals surface area (Å²) in [5, 5.41) is 9.06. The smallest absolute Gasteiger partial charge is 0.156 e. The molecule has 0 bridgehead atoms. The lowest BCUT2D eigenvalue weighted by atomic mass is 9.95. The number of hydrogen-bond donors (Lipinski definition) is 1. The largest absolute Gasteiger partial charge is 0.361 e. The molecule has 3 atom stereocenters. The maximum Gasteiger partial charge on any atom is 0.156 e. The third kappa shape index (κ3) is 3.58. The lowest BCUT2D eigenvalue weighted by Crippen LogP contribution is -2.49. The molecule has 1 aliphatic heterocycles. The second kappa shape index (κ2) is 7.19. The molecule has 1 aromatic rings. The minimum atomic E-state index is -0.359. The number of halogens is 1. The molecule has 108 valence electrons. The Bertz CT molecular complexity index is 488. The van der Waals surface area contributed by atoms with Gasteiger partial charge < -0.3 is 10.5 Å². The van der Waals surface area contributed by atoms with E-state index in [1.165, 1.54) is 5.56 Å². The Kier molecular flexibility index (Phi) is 5.55. The molecule has 1 heterocycles. The maximum absolute atomic E-state index is 9.06. The summed E-state index contributed by atoms with van der Waals surface area (Å²) in [6.07, 6.45) is 0.536. The molecule has 5 heteroatoms. The first kappa shape index (κ1) is 15.5. The Morgan fingerprint density at radius 2 is 2.40 bits per heavy atom. The van der Waals surface area contributed by atoms with Crippen molar-refractivity contribution in [2.75, 3.05) is 19.7 Å². The zero-order chi connectivity index (χ0) is 14.5. The molecule has 4 nitrogen and oxygen atoms in total. The van der Waals surface area contributed by atoms with E-state index in [-0.39, 0.29) is 18.2 Å². The van der Waals surface area contributed by atoms with E-state index in [1.807, 2.05) is 12.1 Å². The lowest BCUT2D eigenvalue weighted by molar-refractivity contribution is -0.0222. The molecule has 1 saturated heterocycles. The van der Waals surface area contributed by atoms with Crippen molar-refractivity contribution in [2.24, 2.45) is 5.73 Å². The van der Waals surface area contributed by atoms with E-state index in [0.717, 1.165) is 17.4 Å². The topological polar surface area (TPSA) is 62.3 Å². The number of morpholine rings is 1. The van der Waals surface area contributed by atoms with Gasteiger partial charge in [0, 0.05) is 23.6 Å². The number of nitrogens with zero attached hydrogens (tertiary/aromatic N) is 2. The van der Waals surface area contributed by atoms with E-state index in [0.29, 0.717) is 13.2 Å². The summed E-state index contributed by atoms with van der Waals surface area (Å²) in [7, 11) is 0. The van der Waals surface area contributed by atoms with Gasteiger partial charge in [0.25, 0.3) is 0 Å². The first-order valence-corrected chi connectivity index (χ1v) is 7.71. The van der Waals surface area contributed by atoms with Gasteiger partial charge in [0.05, 0.1) is 18.7 Å². The van der Waals surface area contributed by atoms with Gasteiger partial charge in [0.15, 0.2) is 6.10 Å². The van der Waals surface area contributed by atoms with Crippen LogP contribution in [0.1, 0.15) is 24.9 Å². The molecule has 0 amide bonds. The molecule has 0 radical (unpaired) electrons. The fourth-order valence-electron chi connectivity index (χ4n) is 2.64. The van der Waals surface area contributed by atoms with Gasteiger partial charge in [-0.3, -0.25) is 4.90 Å². The van der Waals surface area contributed by atoms with E-state index < -0.39 is 0 Å². The van der Waals surface area contributed by atoms with Gasteiger partial charge in [-0.2, -0.15) is 5.26 Å². The molecular formula is C15H20BrN3O. The van der Waals surface area contributed by atoms with Crippen LogP contribution < -0.4 is 5.73 Å². The maximum atomic E-state index is 9.06. The molecule has 2 rings (SSSR count). The molecule has 1 aromatic carbocycles. The van der Waals surface area contributed by atoms with Gasteiger partial charge in [-0.05, 0) is 24.1 Å². The standard InChI is InChI=1S/C15H20BrN3O/c1-2-14(18)15(11-4-3-5-12(16)8-11)19-6-7-20-13(9-17)10-19/h3-5,8,13-15H,2,6-7,10,18H2,1H3. The summed E-state index contributed by atoms with van der Waals surface area (Å²) in [6, 6.07) is 10.6. The van der Waals surface area contributed by atoms with Gasteiger partial charge in [0.1, 0.15) is 0 Å². The monoisotopic (exact) mass is 337 g/mol. The molecule has 1 aliphatic rings. The zero-order valence-corrected chi connectivity index (χ0v) is 13.2. The summed E-state index contributed by atoms with van der Waals surface area (Å²) in [5.41, 5.74) is 7.52. The van der Waals surface area contributed by atoms with Crippen LogP contribution in [0, 0.1) is 11.3 Å². The highest BCUT2D eigenvalue weighted by atomic mass is 79.9. The van der Waals surface area contributed by atoms with Crippen molar-refractivity contribution in [3.05, 3.63) is 34.3 Å². The fourth-order valence-corrected chi connectivity index (χ4v) is 3.06. The van der Waals surface area contributed by atoms with Crippen LogP contribution in [0.5, 0.6) is 0 Å². The quantitative estimate of drug-likeness (QED) is 0.916. The number of nitriles is 1. The second-order valence-corrected chi connectivity index (χ2v) is 5.97. The van der Waals surface area contributed by atoms with Gasteiger partial charge in [-0.25, -0.2) is 0 Å². The van der Waals surface area contributed by atoms with Crippen molar-refractivity contribution in [1.29, 1.82) is 5.26 Å². The summed E-state index contributed by atoms with van der Waals surface area (Å²) < 4.78 is 6.48. The van der Waals surface area contributed by atoms with Crippen molar-refractivity contribution in [3.63, 3.8) is 0 Å². The van der Waals surface area contributed by atoms with Crippen molar-refractivity contribution >= 4 is 15.9 Å². The van der Waals surface area contributed by atoms with Gasteiger partial charge in [0.2, 0.25) is 0 Å². The molecule has 3 unspecified atom stereocenters. The van der Waals surface area contributed by atoms with Crippen LogP contribution in [0.2, 0.25) is 0 Å². The SMILES string of the molecule is CCC(N)C(c1cccc(Br)c1)N1CCOC(C#N)C1. The van der Waals surface area contributed by atoms with Crippen LogP contribution in [0.4, 0.5) is 0 Å². The van der Waals surface area contributed by atoms with Crippen LogP contribution in [0.3, 0.4) is 0 Å². The zero-order valence-electron chi connectivity index (χ0n) is 11.6. The fraction of sp³-hybridized carbons (Fsp3) is 0.533. The molecule has 0 spiro atoms. The number of rotatable bonds is 4. The predicted molar refractivity (Wildman–Crippen MR) is 82.1 cm³/mol. The highest BCUT2D eigenvalue weighted by Gasteiger charge is 2.30. The second-order valence-electron chi connectivity index (χ2n) is 5.06. The lowest BCUT2D eigenvalue weighted by Gasteiger charge is -2.39. The average molecular weight is 338 g/mol. The van der Waals surface area contributed by atoms with Crippen LogP contribution in [0.15, 0.2) is 28.7 Å². The number of nitrogens with two attached hydrogens (primary N) is 1. The average Bonchev–Trinajstić information content (AvgIpc) is 2.47. The summed E-state index contributed by atoms with van der Waals surface area (Å²) in [4.78, 5) is 2.27. The molecular weight excluding hydrogens is 318 g/mol. The van der Waals surface area contributed by atoms with Gasteiger partial charge in [-0.15, -0.1) is 0 Å². The minimum Gasteiger partial charge on any atom is -0.361 e. The van der Waals surface area contributed by atoms with E-state index in [4.69, 9.17) is 15.7 Å². The summed E-state index contributed by atoms with van der Waals surface area (Å²) in [6.45, 7) is 4.10. The predicted octanol–water partition coefficient (Wildman–Crippen LogP) is 2.45.